The number of hydrogen-bond acceptors (Lipinski definition) is 8. The lowest BCUT2D eigenvalue weighted by Crippen LogP contribution is -2.16. The van der Waals surface area contributed by atoms with Gasteiger partial charge in [-0.15, -0.1) is 11.3 Å². The number of benzene rings is 3. The second-order valence-electron chi connectivity index (χ2n) is 7.19. The first kappa shape index (κ1) is 24.0. The van der Waals surface area contributed by atoms with Crippen molar-refractivity contribution in [3.8, 4) is 5.75 Å². The number of hydrogen-bond donors (Lipinski definition) is 1. The number of carbonyl (C=O) groups is 1. The monoisotopic (exact) mass is 554 g/mol. The van der Waals surface area contributed by atoms with E-state index >= 15 is 0 Å². The molecule has 1 N–H and O–H groups in total. The highest BCUT2D eigenvalue weighted by atomic mass is 79.9. The summed E-state index contributed by atoms with van der Waals surface area (Å²) in [6, 6.07) is 17.4. The van der Waals surface area contributed by atoms with E-state index in [1.807, 2.05) is 0 Å². The molecule has 0 aliphatic heterocycles. The van der Waals surface area contributed by atoms with Gasteiger partial charge in [0.05, 0.1) is 25.4 Å². The molecule has 0 spiro atoms. The summed E-state index contributed by atoms with van der Waals surface area (Å²) in [5, 5.41) is 26.4. The van der Waals surface area contributed by atoms with Crippen LogP contribution in [0.2, 0.25) is 0 Å². The molecule has 0 unspecified atom stereocenters. The van der Waals surface area contributed by atoms with Gasteiger partial charge in [-0.3, -0.25) is 25.0 Å². The van der Waals surface area contributed by atoms with Gasteiger partial charge in [-0.05, 0) is 57.4 Å². The molecule has 4 aromatic rings. The number of non-ortho nitro benzene ring substituents is 2. The van der Waals surface area contributed by atoms with Crippen molar-refractivity contribution in [1.29, 1.82) is 0 Å². The summed E-state index contributed by atoms with van der Waals surface area (Å²) in [5.41, 5.74) is 3.75. The molecule has 0 saturated heterocycles. The highest BCUT2D eigenvalue weighted by Crippen LogP contribution is 2.29. The molecule has 0 bridgehead atoms. The summed E-state index contributed by atoms with van der Waals surface area (Å²) in [7, 11) is 0. The molecule has 0 radical (unpaired) electrons. The van der Waals surface area contributed by atoms with Crippen molar-refractivity contribution < 1.29 is 19.4 Å². The van der Waals surface area contributed by atoms with E-state index in [-0.39, 0.29) is 18.0 Å². The normalized spacial score (nSPS) is 11.0. The zero-order chi connectivity index (χ0) is 24.9. The molecule has 0 atom stereocenters. The summed E-state index contributed by atoms with van der Waals surface area (Å²) in [6.45, 7) is 0.155. The van der Waals surface area contributed by atoms with Gasteiger partial charge in [0.1, 0.15) is 12.4 Å². The van der Waals surface area contributed by atoms with Crippen molar-refractivity contribution in [1.82, 2.24) is 5.43 Å². The number of nitrogens with one attached hydrogen (secondary N) is 1. The van der Waals surface area contributed by atoms with Crippen molar-refractivity contribution in [2.45, 2.75) is 6.61 Å². The minimum absolute atomic E-state index is 0.00395. The number of nitrogens with zero attached hydrogens (tertiary/aromatic N) is 3. The minimum atomic E-state index is -0.483. The Balaban J connectivity index is 1.37. The van der Waals surface area contributed by atoms with Crippen molar-refractivity contribution in [2.24, 2.45) is 5.10 Å². The van der Waals surface area contributed by atoms with Crippen LogP contribution in [0.25, 0.3) is 10.1 Å². The van der Waals surface area contributed by atoms with Crippen molar-refractivity contribution in [3.63, 3.8) is 0 Å². The molecule has 12 heteroatoms. The van der Waals surface area contributed by atoms with Gasteiger partial charge in [-0.1, -0.05) is 12.1 Å². The zero-order valence-corrected chi connectivity index (χ0v) is 20.1. The Bertz CT molecular complexity index is 1490. The maximum absolute atomic E-state index is 12.4. The topological polar surface area (TPSA) is 137 Å². The summed E-state index contributed by atoms with van der Waals surface area (Å²) < 4.78 is 7.14. The van der Waals surface area contributed by atoms with Crippen LogP contribution in [0, 0.1) is 20.2 Å². The molecule has 1 aromatic heterocycles. The number of rotatable bonds is 8. The Morgan fingerprint density at radius 1 is 1.03 bits per heavy atom. The van der Waals surface area contributed by atoms with Crippen LogP contribution in [0.5, 0.6) is 5.75 Å². The Hall–Kier alpha value is -4.16. The van der Waals surface area contributed by atoms with E-state index in [9.17, 15) is 25.0 Å². The number of nitro benzene ring substituents is 2. The molecule has 0 saturated carbocycles. The van der Waals surface area contributed by atoms with Crippen LogP contribution in [-0.2, 0) is 6.61 Å². The number of halogens is 1. The van der Waals surface area contributed by atoms with E-state index in [1.54, 1.807) is 42.5 Å². The molecule has 176 valence electrons. The maximum Gasteiger partial charge on any atom is 0.281 e. The number of nitro groups is 2. The Morgan fingerprint density at radius 3 is 2.54 bits per heavy atom. The fourth-order valence-corrected chi connectivity index (χ4v) is 4.56. The lowest BCUT2D eigenvalue weighted by atomic mass is 10.2. The average Bonchev–Trinajstić information content (AvgIpc) is 3.27. The van der Waals surface area contributed by atoms with Gasteiger partial charge in [0, 0.05) is 34.4 Å². The van der Waals surface area contributed by atoms with Gasteiger partial charge < -0.3 is 4.74 Å². The van der Waals surface area contributed by atoms with E-state index in [1.165, 1.54) is 41.8 Å². The quantitative estimate of drug-likeness (QED) is 0.165. The van der Waals surface area contributed by atoms with E-state index in [0.29, 0.717) is 31.6 Å². The van der Waals surface area contributed by atoms with Crippen LogP contribution in [0.1, 0.15) is 20.8 Å². The molecule has 0 fully saturated rings. The fraction of sp³-hybridized carbons (Fsp3) is 0.0435. The predicted molar refractivity (Wildman–Crippen MR) is 135 cm³/mol. The number of carbonyl (C=O) groups excluding carboxylic acids is 1. The van der Waals surface area contributed by atoms with Gasteiger partial charge in [0.25, 0.3) is 17.3 Å². The number of fused-ring (bicyclic) bond motifs is 1. The molecule has 0 aliphatic carbocycles. The van der Waals surface area contributed by atoms with Gasteiger partial charge >= 0.3 is 0 Å². The van der Waals surface area contributed by atoms with Crippen LogP contribution >= 0.6 is 27.3 Å². The smallest absolute Gasteiger partial charge is 0.281 e. The molecule has 10 nitrogen and oxygen atoms in total. The minimum Gasteiger partial charge on any atom is -0.488 e. The van der Waals surface area contributed by atoms with Gasteiger partial charge in [-0.2, -0.15) is 5.10 Å². The average molecular weight is 555 g/mol. The van der Waals surface area contributed by atoms with Crippen LogP contribution in [-0.4, -0.2) is 22.0 Å². The molecule has 4 rings (SSSR count). The van der Waals surface area contributed by atoms with Crippen LogP contribution in [0.3, 0.4) is 0 Å². The molecular weight excluding hydrogens is 540 g/mol. The lowest BCUT2D eigenvalue weighted by Gasteiger charge is -2.09. The van der Waals surface area contributed by atoms with E-state index in [0.717, 1.165) is 4.70 Å². The van der Waals surface area contributed by atoms with E-state index in [2.05, 4.69) is 26.5 Å². The molecular formula is C23H15BrN4O6S. The summed E-state index contributed by atoms with van der Waals surface area (Å²) in [5.74, 6) is 0.109. The zero-order valence-electron chi connectivity index (χ0n) is 17.7. The molecule has 35 heavy (non-hydrogen) atoms. The number of ether oxygens (including phenoxy) is 1. The SMILES string of the molecule is O=C(N/N=C\c1ccc(OCc2cccc([N+](=O)[O-])c2)c(Br)c1)c1cc2cc([N+](=O)[O-])ccc2s1. The third-order valence-corrected chi connectivity index (χ3v) is 6.52. The largest absolute Gasteiger partial charge is 0.488 e. The summed E-state index contributed by atoms with van der Waals surface area (Å²) in [4.78, 5) is 33.7. The maximum atomic E-state index is 12.4. The highest BCUT2D eigenvalue weighted by Gasteiger charge is 2.13. The van der Waals surface area contributed by atoms with Crippen LogP contribution in [0.4, 0.5) is 11.4 Å². The third-order valence-electron chi connectivity index (χ3n) is 4.79. The second kappa shape index (κ2) is 10.4. The second-order valence-corrected chi connectivity index (χ2v) is 9.13. The van der Waals surface area contributed by atoms with Crippen molar-refractivity contribution >= 4 is 60.8 Å². The first-order valence-corrected chi connectivity index (χ1v) is 11.6. The van der Waals surface area contributed by atoms with Crippen molar-refractivity contribution in [3.05, 3.63) is 107 Å². The van der Waals surface area contributed by atoms with Crippen LogP contribution < -0.4 is 10.2 Å². The lowest BCUT2D eigenvalue weighted by molar-refractivity contribution is -0.385. The highest BCUT2D eigenvalue weighted by molar-refractivity contribution is 9.10. The van der Waals surface area contributed by atoms with E-state index in [4.69, 9.17) is 4.74 Å². The standard InChI is InChI=1S/C23H15BrN4O6S/c24-19-9-14(4-6-20(19)34-13-15-2-1-3-17(8-15)27(30)31)12-25-26-23(29)22-11-16-10-18(28(32)33)5-7-21(16)35-22/h1-12H,13H2,(H,26,29)/b25-12-. The fourth-order valence-electron chi connectivity index (χ4n) is 3.11. The summed E-state index contributed by atoms with van der Waals surface area (Å²) in [6.07, 6.45) is 1.46. The Morgan fingerprint density at radius 2 is 1.80 bits per heavy atom. The Labute approximate surface area is 210 Å². The van der Waals surface area contributed by atoms with Gasteiger partial charge in [0.2, 0.25) is 0 Å². The van der Waals surface area contributed by atoms with Crippen LogP contribution in [0.15, 0.2) is 76.3 Å². The number of amides is 1. The first-order chi connectivity index (χ1) is 16.8. The van der Waals surface area contributed by atoms with Crippen molar-refractivity contribution in [2.75, 3.05) is 0 Å². The van der Waals surface area contributed by atoms with Gasteiger partial charge in [-0.25, -0.2) is 5.43 Å². The first-order valence-electron chi connectivity index (χ1n) is 9.97. The van der Waals surface area contributed by atoms with Gasteiger partial charge in [0.15, 0.2) is 0 Å². The number of hydrazone groups is 1. The molecule has 1 amide bonds. The Kier molecular flexibility index (Phi) is 7.13. The summed E-state index contributed by atoms with van der Waals surface area (Å²) >= 11 is 4.64. The van der Waals surface area contributed by atoms with E-state index < -0.39 is 15.8 Å². The molecule has 1 heterocycles. The predicted octanol–water partition coefficient (Wildman–Crippen LogP) is 5.82. The molecule has 0 aliphatic rings. The number of thiophene rings is 1. The third kappa shape index (κ3) is 5.86. The molecule has 3 aromatic carbocycles.